The van der Waals surface area contributed by atoms with Crippen molar-refractivity contribution >= 4 is 0 Å². The summed E-state index contributed by atoms with van der Waals surface area (Å²) in [5.74, 6) is 0.685. The van der Waals surface area contributed by atoms with Gasteiger partial charge in [0.05, 0.1) is 17.6 Å². The third-order valence-electron chi connectivity index (χ3n) is 3.66. The zero-order valence-corrected chi connectivity index (χ0v) is 11.2. The maximum Gasteiger partial charge on any atom is 0.107 e. The summed E-state index contributed by atoms with van der Waals surface area (Å²) in [6, 6.07) is 1.97. The number of nitrogens with zero attached hydrogens (tertiary/aromatic N) is 4. The van der Waals surface area contributed by atoms with Crippen molar-refractivity contribution < 1.29 is 0 Å². The molecule has 1 aliphatic heterocycles. The van der Waals surface area contributed by atoms with E-state index in [-0.39, 0.29) is 0 Å². The van der Waals surface area contributed by atoms with E-state index in [1.165, 1.54) is 12.8 Å². The number of aromatic nitrogens is 4. The van der Waals surface area contributed by atoms with Crippen molar-refractivity contribution in [2.24, 2.45) is 13.0 Å². The molecular formula is C14H19N5. The summed E-state index contributed by atoms with van der Waals surface area (Å²) >= 11 is 0. The normalized spacial score (nSPS) is 19.5. The third kappa shape index (κ3) is 2.81. The van der Waals surface area contributed by atoms with E-state index in [1.54, 1.807) is 12.4 Å². The van der Waals surface area contributed by atoms with Crippen molar-refractivity contribution in [2.45, 2.75) is 19.3 Å². The van der Waals surface area contributed by atoms with Crippen LogP contribution < -0.4 is 5.32 Å². The van der Waals surface area contributed by atoms with Gasteiger partial charge in [-0.1, -0.05) is 0 Å². The lowest BCUT2D eigenvalue weighted by molar-refractivity contribution is 0.373. The zero-order valence-electron chi connectivity index (χ0n) is 11.2. The van der Waals surface area contributed by atoms with Gasteiger partial charge in [-0.25, -0.2) is 4.98 Å². The lowest BCUT2D eigenvalue weighted by Crippen LogP contribution is -2.31. The number of nitrogens with one attached hydrogen (secondary N) is 1. The Bertz CT molecular complexity index is 542. The van der Waals surface area contributed by atoms with Crippen LogP contribution in [0, 0.1) is 5.92 Å². The maximum absolute atomic E-state index is 4.72. The molecule has 0 spiro atoms. The Morgan fingerprint density at radius 1 is 1.42 bits per heavy atom. The van der Waals surface area contributed by atoms with Crippen molar-refractivity contribution in [3.63, 3.8) is 0 Å². The molecule has 3 rings (SSSR count). The number of hydrogen-bond donors (Lipinski definition) is 1. The number of hydrogen-bond acceptors (Lipinski definition) is 4. The molecule has 0 aliphatic carbocycles. The molecule has 100 valence electrons. The highest BCUT2D eigenvalue weighted by Gasteiger charge is 2.15. The highest BCUT2D eigenvalue weighted by Crippen LogP contribution is 2.18. The topological polar surface area (TPSA) is 55.6 Å². The summed E-state index contributed by atoms with van der Waals surface area (Å²) < 4.78 is 1.83. The van der Waals surface area contributed by atoms with Gasteiger partial charge in [0, 0.05) is 19.4 Å². The largest absolute Gasteiger partial charge is 0.316 e. The lowest BCUT2D eigenvalue weighted by Gasteiger charge is -2.22. The maximum atomic E-state index is 4.72. The fourth-order valence-electron chi connectivity index (χ4n) is 2.65. The average Bonchev–Trinajstić information content (AvgIpc) is 2.86. The van der Waals surface area contributed by atoms with Crippen LogP contribution in [0.4, 0.5) is 0 Å². The quantitative estimate of drug-likeness (QED) is 0.903. The Labute approximate surface area is 113 Å². The molecule has 1 atom stereocenters. The van der Waals surface area contributed by atoms with Crippen LogP contribution in [-0.4, -0.2) is 32.8 Å². The van der Waals surface area contributed by atoms with E-state index in [0.717, 1.165) is 36.6 Å². The monoisotopic (exact) mass is 257 g/mol. The molecule has 19 heavy (non-hydrogen) atoms. The van der Waals surface area contributed by atoms with Gasteiger partial charge in [-0.3, -0.25) is 9.67 Å². The SMILES string of the molecule is Cn1nccc1-c1cncc(C[C@@H]2CCCNC2)n1. The first-order chi connectivity index (χ1) is 9.33. The molecule has 1 aliphatic rings. The van der Waals surface area contributed by atoms with E-state index in [4.69, 9.17) is 4.98 Å². The predicted molar refractivity (Wildman–Crippen MR) is 73.5 cm³/mol. The minimum absolute atomic E-state index is 0.685. The van der Waals surface area contributed by atoms with Crippen LogP contribution in [0.3, 0.4) is 0 Å². The van der Waals surface area contributed by atoms with Gasteiger partial charge in [-0.15, -0.1) is 0 Å². The smallest absolute Gasteiger partial charge is 0.107 e. The molecule has 0 amide bonds. The molecule has 0 saturated carbocycles. The second-order valence-electron chi connectivity index (χ2n) is 5.15. The average molecular weight is 257 g/mol. The van der Waals surface area contributed by atoms with Gasteiger partial charge in [0.2, 0.25) is 0 Å². The van der Waals surface area contributed by atoms with Crippen molar-refractivity contribution in [3.8, 4) is 11.4 Å². The second-order valence-corrected chi connectivity index (χ2v) is 5.15. The number of rotatable bonds is 3. The van der Waals surface area contributed by atoms with Gasteiger partial charge >= 0.3 is 0 Å². The first-order valence-corrected chi connectivity index (χ1v) is 6.83. The highest BCUT2D eigenvalue weighted by atomic mass is 15.3. The van der Waals surface area contributed by atoms with E-state index < -0.39 is 0 Å². The van der Waals surface area contributed by atoms with Gasteiger partial charge in [0.15, 0.2) is 0 Å². The van der Waals surface area contributed by atoms with Crippen LogP contribution >= 0.6 is 0 Å². The highest BCUT2D eigenvalue weighted by molar-refractivity contribution is 5.52. The molecule has 0 unspecified atom stereocenters. The Morgan fingerprint density at radius 3 is 3.11 bits per heavy atom. The molecule has 3 heterocycles. The van der Waals surface area contributed by atoms with Crippen LogP contribution in [0.2, 0.25) is 0 Å². The standard InChI is InChI=1S/C14H19N5/c1-19-14(4-6-17-19)13-10-16-9-12(18-13)7-11-3-2-5-15-8-11/h4,6,9-11,15H,2-3,5,7-8H2,1H3/t11-/m0/s1. The molecule has 1 fully saturated rings. The molecule has 5 nitrogen and oxygen atoms in total. The summed E-state index contributed by atoms with van der Waals surface area (Å²) in [6.45, 7) is 2.24. The molecule has 0 radical (unpaired) electrons. The Balaban J connectivity index is 1.78. The van der Waals surface area contributed by atoms with Crippen molar-refractivity contribution in [1.29, 1.82) is 0 Å². The summed E-state index contributed by atoms with van der Waals surface area (Å²) in [6.07, 6.45) is 9.03. The zero-order chi connectivity index (χ0) is 13.1. The first-order valence-electron chi connectivity index (χ1n) is 6.83. The first kappa shape index (κ1) is 12.3. The van der Waals surface area contributed by atoms with Gasteiger partial charge in [-0.2, -0.15) is 5.10 Å². The molecule has 1 saturated heterocycles. The fourth-order valence-corrected chi connectivity index (χ4v) is 2.65. The third-order valence-corrected chi connectivity index (χ3v) is 3.66. The van der Waals surface area contributed by atoms with Crippen LogP contribution in [-0.2, 0) is 13.5 Å². The van der Waals surface area contributed by atoms with E-state index >= 15 is 0 Å². The van der Waals surface area contributed by atoms with Gasteiger partial charge in [-0.05, 0) is 44.3 Å². The lowest BCUT2D eigenvalue weighted by atomic mass is 9.95. The van der Waals surface area contributed by atoms with E-state index in [0.29, 0.717) is 5.92 Å². The van der Waals surface area contributed by atoms with Crippen molar-refractivity contribution in [3.05, 3.63) is 30.4 Å². The molecular weight excluding hydrogens is 238 g/mol. The van der Waals surface area contributed by atoms with Crippen molar-refractivity contribution in [1.82, 2.24) is 25.1 Å². The van der Waals surface area contributed by atoms with E-state index in [1.807, 2.05) is 24.0 Å². The predicted octanol–water partition coefficient (Wildman–Crippen LogP) is 1.42. The molecule has 5 heteroatoms. The van der Waals surface area contributed by atoms with Gasteiger partial charge in [0.1, 0.15) is 5.69 Å². The molecule has 0 aromatic carbocycles. The summed E-state index contributed by atoms with van der Waals surface area (Å²) in [4.78, 5) is 9.04. The fraction of sp³-hybridized carbons (Fsp3) is 0.500. The minimum Gasteiger partial charge on any atom is -0.316 e. The molecule has 2 aromatic heterocycles. The number of piperidine rings is 1. The Kier molecular flexibility index (Phi) is 3.55. The summed E-state index contributed by atoms with van der Waals surface area (Å²) in [5.41, 5.74) is 2.99. The van der Waals surface area contributed by atoms with E-state index in [2.05, 4.69) is 15.4 Å². The summed E-state index contributed by atoms with van der Waals surface area (Å²) in [7, 11) is 1.93. The minimum atomic E-state index is 0.685. The second kappa shape index (κ2) is 5.48. The van der Waals surface area contributed by atoms with Gasteiger partial charge < -0.3 is 5.32 Å². The van der Waals surface area contributed by atoms with Gasteiger partial charge in [0.25, 0.3) is 0 Å². The van der Waals surface area contributed by atoms with Crippen molar-refractivity contribution in [2.75, 3.05) is 13.1 Å². The Hall–Kier alpha value is -1.75. The molecule has 1 N–H and O–H groups in total. The van der Waals surface area contributed by atoms with Crippen LogP contribution in [0.1, 0.15) is 18.5 Å². The van der Waals surface area contributed by atoms with E-state index in [9.17, 15) is 0 Å². The summed E-state index contributed by atoms with van der Waals surface area (Å²) in [5, 5.41) is 7.62. The molecule has 2 aromatic rings. The Morgan fingerprint density at radius 2 is 2.37 bits per heavy atom. The number of aryl methyl sites for hydroxylation is 1. The van der Waals surface area contributed by atoms with Crippen LogP contribution in [0.5, 0.6) is 0 Å². The van der Waals surface area contributed by atoms with Crippen LogP contribution in [0.15, 0.2) is 24.7 Å². The van der Waals surface area contributed by atoms with Crippen LogP contribution in [0.25, 0.3) is 11.4 Å². The molecule has 0 bridgehead atoms.